The number of nitrogens with one attached hydrogen (secondary N) is 1. The number of rotatable bonds is 8. The van der Waals surface area contributed by atoms with Gasteiger partial charge in [0.2, 0.25) is 0 Å². The Kier molecular flexibility index (Phi) is 8.11. The summed E-state index contributed by atoms with van der Waals surface area (Å²) in [5.41, 5.74) is 3.72. The maximum absolute atomic E-state index is 11.9. The molecule has 1 aromatic heterocycles. The lowest BCUT2D eigenvalue weighted by molar-refractivity contribution is 0.472. The smallest absolute Gasteiger partial charge is 0.250 e. The van der Waals surface area contributed by atoms with Crippen molar-refractivity contribution in [1.29, 1.82) is 0 Å². The van der Waals surface area contributed by atoms with Crippen molar-refractivity contribution in [1.82, 2.24) is 14.8 Å². The van der Waals surface area contributed by atoms with Crippen LogP contribution in [0.2, 0.25) is 0 Å². The van der Waals surface area contributed by atoms with Crippen molar-refractivity contribution >= 4 is 5.96 Å². The second-order valence-electron chi connectivity index (χ2n) is 6.86. The lowest BCUT2D eigenvalue weighted by Gasteiger charge is -2.22. The molecule has 0 spiro atoms. The Balaban J connectivity index is 1.76. The fraction of sp³-hybridized carbons (Fsp3) is 0.455. The molecule has 0 bridgehead atoms. The van der Waals surface area contributed by atoms with Gasteiger partial charge < -0.3 is 14.8 Å². The number of hydrogen-bond acceptors (Lipinski definition) is 2. The first kappa shape index (κ1) is 20.7. The maximum Gasteiger partial charge on any atom is 0.250 e. The van der Waals surface area contributed by atoms with E-state index in [0.29, 0.717) is 0 Å². The summed E-state index contributed by atoms with van der Waals surface area (Å²) in [4.78, 5) is 18.4. The number of guanidine groups is 1. The van der Waals surface area contributed by atoms with E-state index in [1.165, 1.54) is 11.1 Å². The molecule has 0 unspecified atom stereocenters. The molecule has 1 aromatic carbocycles. The zero-order valence-corrected chi connectivity index (χ0v) is 17.0. The summed E-state index contributed by atoms with van der Waals surface area (Å²) in [6, 6.07) is 14.1. The highest BCUT2D eigenvalue weighted by atomic mass is 16.1. The third-order valence-electron chi connectivity index (χ3n) is 4.78. The Labute approximate surface area is 162 Å². The van der Waals surface area contributed by atoms with Gasteiger partial charge in [-0.2, -0.15) is 0 Å². The number of unbranched alkanes of at least 4 members (excludes halogenated alkanes) is 1. The molecule has 1 heterocycles. The van der Waals surface area contributed by atoms with Crippen molar-refractivity contribution in [3.8, 4) is 0 Å². The van der Waals surface area contributed by atoms with Crippen LogP contribution in [0.1, 0.15) is 36.6 Å². The molecule has 5 nitrogen and oxygen atoms in total. The average molecular weight is 369 g/mol. The summed E-state index contributed by atoms with van der Waals surface area (Å²) >= 11 is 0. The molecule has 0 aliphatic heterocycles. The van der Waals surface area contributed by atoms with E-state index in [-0.39, 0.29) is 5.56 Å². The van der Waals surface area contributed by atoms with Crippen molar-refractivity contribution in [2.45, 2.75) is 46.2 Å². The summed E-state index contributed by atoms with van der Waals surface area (Å²) in [5, 5.41) is 3.42. The first-order valence-electron chi connectivity index (χ1n) is 9.71. The van der Waals surface area contributed by atoms with E-state index in [0.717, 1.165) is 50.6 Å². The predicted molar refractivity (Wildman–Crippen MR) is 113 cm³/mol. The zero-order chi connectivity index (χ0) is 19.6. The Morgan fingerprint density at radius 3 is 2.44 bits per heavy atom. The van der Waals surface area contributed by atoms with Crippen LogP contribution in [0.15, 0.2) is 52.3 Å². The highest BCUT2D eigenvalue weighted by Crippen LogP contribution is 2.07. The minimum Gasteiger partial charge on any atom is -0.356 e. The van der Waals surface area contributed by atoms with E-state index in [9.17, 15) is 4.79 Å². The predicted octanol–water partition coefficient (Wildman–Crippen LogP) is 3.21. The summed E-state index contributed by atoms with van der Waals surface area (Å²) in [7, 11) is 3.86. The lowest BCUT2D eigenvalue weighted by atomic mass is 10.1. The lowest BCUT2D eigenvalue weighted by Crippen LogP contribution is -2.39. The fourth-order valence-corrected chi connectivity index (χ4v) is 3.12. The number of benzene rings is 1. The molecule has 0 atom stereocenters. The Morgan fingerprint density at radius 1 is 1.11 bits per heavy atom. The third kappa shape index (κ3) is 6.27. The van der Waals surface area contributed by atoms with E-state index in [2.05, 4.69) is 53.4 Å². The van der Waals surface area contributed by atoms with Gasteiger partial charge in [0.1, 0.15) is 0 Å². The van der Waals surface area contributed by atoms with Gasteiger partial charge in [0, 0.05) is 45.5 Å². The first-order chi connectivity index (χ1) is 13.0. The van der Waals surface area contributed by atoms with Gasteiger partial charge in [-0.05, 0) is 43.4 Å². The monoisotopic (exact) mass is 368 g/mol. The Bertz CT molecular complexity index is 793. The summed E-state index contributed by atoms with van der Waals surface area (Å²) < 4.78 is 1.83. The number of pyridine rings is 1. The molecule has 2 aromatic rings. The van der Waals surface area contributed by atoms with Gasteiger partial charge >= 0.3 is 0 Å². The van der Waals surface area contributed by atoms with Crippen LogP contribution in [0.4, 0.5) is 0 Å². The highest BCUT2D eigenvalue weighted by molar-refractivity contribution is 5.79. The number of aryl methyl sites for hydroxylation is 2. The normalized spacial score (nSPS) is 11.5. The van der Waals surface area contributed by atoms with Gasteiger partial charge in [-0.15, -0.1) is 0 Å². The molecule has 146 valence electrons. The topological polar surface area (TPSA) is 49.6 Å². The van der Waals surface area contributed by atoms with Gasteiger partial charge in [0.05, 0.1) is 0 Å². The van der Waals surface area contributed by atoms with E-state index < -0.39 is 0 Å². The zero-order valence-electron chi connectivity index (χ0n) is 17.0. The molecular weight excluding hydrogens is 336 g/mol. The molecule has 0 radical (unpaired) electrons. The number of hydrogen-bond donors (Lipinski definition) is 1. The molecular formula is C22H32N4O. The molecule has 0 amide bonds. The second kappa shape index (κ2) is 10.6. The average Bonchev–Trinajstić information content (AvgIpc) is 2.67. The van der Waals surface area contributed by atoms with Gasteiger partial charge in [-0.25, -0.2) is 0 Å². The van der Waals surface area contributed by atoms with E-state index in [1.54, 1.807) is 6.07 Å². The Hall–Kier alpha value is -2.56. The maximum atomic E-state index is 11.9. The van der Waals surface area contributed by atoms with Gasteiger partial charge in [0.25, 0.3) is 5.56 Å². The van der Waals surface area contributed by atoms with Gasteiger partial charge in [-0.1, -0.05) is 37.3 Å². The summed E-state index contributed by atoms with van der Waals surface area (Å²) in [6.45, 7) is 6.56. The minimum absolute atomic E-state index is 0.0765. The van der Waals surface area contributed by atoms with Crippen LogP contribution in [0.25, 0.3) is 0 Å². The van der Waals surface area contributed by atoms with Gasteiger partial charge in [-0.3, -0.25) is 9.79 Å². The van der Waals surface area contributed by atoms with Crippen LogP contribution in [0.5, 0.6) is 0 Å². The Morgan fingerprint density at radius 2 is 1.81 bits per heavy atom. The molecule has 1 N–H and O–H groups in total. The first-order valence-corrected chi connectivity index (χ1v) is 9.71. The van der Waals surface area contributed by atoms with Crippen molar-refractivity contribution in [3.63, 3.8) is 0 Å². The number of aliphatic imine (C=N–C) groups is 1. The number of nitrogens with zero attached hydrogens (tertiary/aromatic N) is 3. The van der Waals surface area contributed by atoms with Crippen molar-refractivity contribution < 1.29 is 0 Å². The highest BCUT2D eigenvalue weighted by Gasteiger charge is 2.06. The van der Waals surface area contributed by atoms with Gasteiger partial charge in [0.15, 0.2) is 5.96 Å². The van der Waals surface area contributed by atoms with E-state index >= 15 is 0 Å². The largest absolute Gasteiger partial charge is 0.356 e. The molecule has 0 aliphatic rings. The van der Waals surface area contributed by atoms with E-state index in [1.807, 2.05) is 30.7 Å². The standard InChI is InChI=1S/C22H32N4O/c1-5-19-11-13-20(14-12-19)17-25(4)22(23-3)24-15-6-7-16-26-18(2)9-8-10-21(26)27/h8-14H,5-7,15-17H2,1-4H3,(H,23,24). The van der Waals surface area contributed by atoms with Crippen LogP contribution in [-0.2, 0) is 19.5 Å². The van der Waals surface area contributed by atoms with Crippen molar-refractivity contribution in [2.75, 3.05) is 20.6 Å². The molecule has 0 saturated carbocycles. The van der Waals surface area contributed by atoms with Crippen LogP contribution >= 0.6 is 0 Å². The van der Waals surface area contributed by atoms with Crippen molar-refractivity contribution in [2.24, 2.45) is 4.99 Å². The molecule has 0 aliphatic carbocycles. The third-order valence-corrected chi connectivity index (χ3v) is 4.78. The van der Waals surface area contributed by atoms with Crippen LogP contribution in [0, 0.1) is 6.92 Å². The molecule has 0 fully saturated rings. The molecule has 2 rings (SSSR count). The van der Waals surface area contributed by atoms with Crippen LogP contribution < -0.4 is 10.9 Å². The molecule has 0 saturated heterocycles. The van der Waals surface area contributed by atoms with Crippen LogP contribution in [-0.4, -0.2) is 36.1 Å². The van der Waals surface area contributed by atoms with E-state index in [4.69, 9.17) is 0 Å². The second-order valence-corrected chi connectivity index (χ2v) is 6.86. The summed E-state index contributed by atoms with van der Waals surface area (Å²) in [6.07, 6.45) is 3.00. The minimum atomic E-state index is 0.0765. The molecule has 5 heteroatoms. The molecule has 27 heavy (non-hydrogen) atoms. The fourth-order valence-electron chi connectivity index (χ4n) is 3.12. The van der Waals surface area contributed by atoms with Crippen molar-refractivity contribution in [3.05, 3.63) is 69.6 Å². The quantitative estimate of drug-likeness (QED) is 0.442. The summed E-state index contributed by atoms with van der Waals surface area (Å²) in [5.74, 6) is 0.891. The van der Waals surface area contributed by atoms with Crippen LogP contribution in [0.3, 0.4) is 0 Å². The SMILES string of the molecule is CCc1ccc(CN(C)C(=NC)NCCCCn2c(C)cccc2=O)cc1. The number of aromatic nitrogens is 1.